The van der Waals surface area contributed by atoms with Crippen LogP contribution in [0.25, 0.3) is 11.0 Å². The zero-order chi connectivity index (χ0) is 20.4. The molecule has 0 unspecified atom stereocenters. The molecule has 3 rings (SSSR count). The van der Waals surface area contributed by atoms with Gasteiger partial charge in [-0.05, 0) is 49.4 Å². The summed E-state index contributed by atoms with van der Waals surface area (Å²) in [6.45, 7) is 5.56. The van der Waals surface area contributed by atoms with E-state index in [0.29, 0.717) is 21.6 Å². The van der Waals surface area contributed by atoms with Crippen LogP contribution in [-0.2, 0) is 0 Å². The first-order valence-corrected chi connectivity index (χ1v) is 9.63. The van der Waals surface area contributed by atoms with Crippen molar-refractivity contribution in [3.05, 3.63) is 63.3 Å². The van der Waals surface area contributed by atoms with Crippen LogP contribution in [0.1, 0.15) is 41.6 Å². The fourth-order valence-electron chi connectivity index (χ4n) is 2.88. The lowest BCUT2D eigenvalue weighted by Crippen LogP contribution is -2.17. The van der Waals surface area contributed by atoms with Gasteiger partial charge in [0.25, 0.3) is 5.91 Å². The maximum absolute atomic E-state index is 13.4. The van der Waals surface area contributed by atoms with Gasteiger partial charge >= 0.3 is 0 Å². The van der Waals surface area contributed by atoms with E-state index in [1.54, 1.807) is 13.0 Å². The number of halogens is 1. The van der Waals surface area contributed by atoms with Crippen LogP contribution in [0, 0.1) is 12.9 Å². The van der Waals surface area contributed by atoms with Gasteiger partial charge in [-0.2, -0.15) is 4.39 Å². The SMILES string of the molecule is CCSc1cc(=O)c2cc(C)cc([C@@H](C)Oc3ccc(F)nc3C(N)=O)c2o1. The summed E-state index contributed by atoms with van der Waals surface area (Å²) in [6, 6.07) is 7.45. The Morgan fingerprint density at radius 1 is 1.36 bits per heavy atom. The van der Waals surface area contributed by atoms with E-state index in [0.717, 1.165) is 17.4 Å². The first kappa shape index (κ1) is 19.9. The molecule has 0 spiro atoms. The van der Waals surface area contributed by atoms with Gasteiger partial charge < -0.3 is 14.9 Å². The Morgan fingerprint density at radius 3 is 2.79 bits per heavy atom. The Kier molecular flexibility index (Phi) is 5.69. The molecule has 0 saturated carbocycles. The summed E-state index contributed by atoms with van der Waals surface area (Å²) in [5, 5.41) is 0.955. The second-order valence-electron chi connectivity index (χ2n) is 6.20. The van der Waals surface area contributed by atoms with Crippen LogP contribution in [0.4, 0.5) is 4.39 Å². The van der Waals surface area contributed by atoms with Gasteiger partial charge in [0.15, 0.2) is 22.0 Å². The van der Waals surface area contributed by atoms with Crippen molar-refractivity contribution < 1.29 is 18.3 Å². The predicted molar refractivity (Wildman–Crippen MR) is 105 cm³/mol. The number of hydrogen-bond donors (Lipinski definition) is 1. The summed E-state index contributed by atoms with van der Waals surface area (Å²) in [5.74, 6) is -0.922. The van der Waals surface area contributed by atoms with Gasteiger partial charge in [-0.1, -0.05) is 18.7 Å². The smallest absolute Gasteiger partial charge is 0.271 e. The molecule has 1 atom stereocenters. The zero-order valence-electron chi connectivity index (χ0n) is 15.6. The lowest BCUT2D eigenvalue weighted by atomic mass is 10.0. The van der Waals surface area contributed by atoms with E-state index in [-0.39, 0.29) is 16.9 Å². The topological polar surface area (TPSA) is 95.4 Å². The maximum atomic E-state index is 13.4. The number of aromatic nitrogens is 1. The molecule has 3 aromatic rings. The molecule has 0 saturated heterocycles. The average molecular weight is 402 g/mol. The van der Waals surface area contributed by atoms with Crippen molar-refractivity contribution in [2.75, 3.05) is 5.75 Å². The second-order valence-corrected chi connectivity index (χ2v) is 7.47. The van der Waals surface area contributed by atoms with Crippen molar-refractivity contribution in [2.24, 2.45) is 5.73 Å². The second kappa shape index (κ2) is 8.02. The Labute approximate surface area is 164 Å². The van der Waals surface area contributed by atoms with E-state index in [1.807, 2.05) is 19.9 Å². The third-order valence-electron chi connectivity index (χ3n) is 4.07. The van der Waals surface area contributed by atoms with Crippen LogP contribution in [-0.4, -0.2) is 16.6 Å². The first-order valence-electron chi connectivity index (χ1n) is 8.64. The number of benzene rings is 1. The molecule has 0 aliphatic carbocycles. The van der Waals surface area contributed by atoms with Gasteiger partial charge in [0.1, 0.15) is 11.7 Å². The van der Waals surface area contributed by atoms with E-state index in [1.165, 1.54) is 23.9 Å². The number of rotatable bonds is 6. The minimum Gasteiger partial charge on any atom is -0.483 e. The molecule has 6 nitrogen and oxygen atoms in total. The normalized spacial score (nSPS) is 12.1. The molecule has 28 heavy (non-hydrogen) atoms. The van der Waals surface area contributed by atoms with E-state index < -0.39 is 18.0 Å². The van der Waals surface area contributed by atoms with Crippen molar-refractivity contribution in [1.29, 1.82) is 0 Å². The third-order valence-corrected chi connectivity index (χ3v) is 4.84. The van der Waals surface area contributed by atoms with Crippen LogP contribution in [0.5, 0.6) is 5.75 Å². The average Bonchev–Trinajstić information content (AvgIpc) is 2.63. The monoisotopic (exact) mass is 402 g/mol. The molecule has 2 N–H and O–H groups in total. The van der Waals surface area contributed by atoms with E-state index in [2.05, 4.69) is 4.98 Å². The Balaban J connectivity index is 2.10. The number of pyridine rings is 1. The number of thioether (sulfide) groups is 1. The molecule has 146 valence electrons. The number of carbonyl (C=O) groups is 1. The van der Waals surface area contributed by atoms with Gasteiger partial charge in [-0.3, -0.25) is 9.59 Å². The van der Waals surface area contributed by atoms with Crippen LogP contribution in [0.3, 0.4) is 0 Å². The Bertz CT molecular complexity index is 1110. The molecule has 0 radical (unpaired) electrons. The molecule has 8 heteroatoms. The van der Waals surface area contributed by atoms with Gasteiger partial charge in [0.05, 0.1) is 5.39 Å². The number of carbonyl (C=O) groups excluding carboxylic acids is 1. The molecule has 0 fully saturated rings. The molecule has 0 bridgehead atoms. The third kappa shape index (κ3) is 4.01. The highest BCUT2D eigenvalue weighted by Gasteiger charge is 2.20. The molecule has 1 amide bonds. The van der Waals surface area contributed by atoms with Crippen LogP contribution >= 0.6 is 11.8 Å². The van der Waals surface area contributed by atoms with E-state index >= 15 is 0 Å². The van der Waals surface area contributed by atoms with Crippen molar-refractivity contribution in [1.82, 2.24) is 4.98 Å². The fraction of sp³-hybridized carbons (Fsp3) is 0.250. The van der Waals surface area contributed by atoms with Crippen molar-refractivity contribution in [2.45, 2.75) is 32.0 Å². The van der Waals surface area contributed by atoms with Crippen LogP contribution < -0.4 is 15.9 Å². The molecular formula is C20H19FN2O4S. The lowest BCUT2D eigenvalue weighted by molar-refractivity contribution is 0.0987. The summed E-state index contributed by atoms with van der Waals surface area (Å²) in [7, 11) is 0. The molecule has 2 heterocycles. The van der Waals surface area contributed by atoms with E-state index in [9.17, 15) is 14.0 Å². The summed E-state index contributed by atoms with van der Waals surface area (Å²) in [4.78, 5) is 27.6. The van der Waals surface area contributed by atoms with Gasteiger partial charge in [0.2, 0.25) is 5.95 Å². The minimum atomic E-state index is -0.899. The largest absolute Gasteiger partial charge is 0.483 e. The highest BCUT2D eigenvalue weighted by Crippen LogP contribution is 2.31. The molecule has 0 aliphatic rings. The quantitative estimate of drug-likeness (QED) is 0.495. The molecular weight excluding hydrogens is 383 g/mol. The number of amides is 1. The highest BCUT2D eigenvalue weighted by molar-refractivity contribution is 7.99. The summed E-state index contributed by atoms with van der Waals surface area (Å²) in [5.41, 5.74) is 6.73. The van der Waals surface area contributed by atoms with Crippen LogP contribution in [0.15, 0.2) is 44.6 Å². The maximum Gasteiger partial charge on any atom is 0.271 e. The molecule has 1 aromatic carbocycles. The summed E-state index contributed by atoms with van der Waals surface area (Å²) in [6.07, 6.45) is -0.613. The predicted octanol–water partition coefficient (Wildman–Crippen LogP) is 3.99. The summed E-state index contributed by atoms with van der Waals surface area (Å²) >= 11 is 1.42. The number of primary amides is 1. The zero-order valence-corrected chi connectivity index (χ0v) is 16.4. The highest BCUT2D eigenvalue weighted by atomic mass is 32.2. The van der Waals surface area contributed by atoms with Crippen molar-refractivity contribution >= 4 is 28.6 Å². The van der Waals surface area contributed by atoms with Gasteiger partial charge in [0, 0.05) is 11.6 Å². The fourth-order valence-corrected chi connectivity index (χ4v) is 3.49. The van der Waals surface area contributed by atoms with E-state index in [4.69, 9.17) is 14.9 Å². The minimum absolute atomic E-state index is 0.0532. The van der Waals surface area contributed by atoms with Gasteiger partial charge in [-0.15, -0.1) is 0 Å². The van der Waals surface area contributed by atoms with Crippen LogP contribution in [0.2, 0.25) is 0 Å². The Morgan fingerprint density at radius 2 is 2.11 bits per heavy atom. The molecule has 0 aliphatic heterocycles. The van der Waals surface area contributed by atoms with Crippen molar-refractivity contribution in [3.8, 4) is 5.75 Å². The number of hydrogen-bond acceptors (Lipinski definition) is 6. The first-order chi connectivity index (χ1) is 13.3. The number of ether oxygens (including phenoxy) is 1. The lowest BCUT2D eigenvalue weighted by Gasteiger charge is -2.18. The molecule has 2 aromatic heterocycles. The van der Waals surface area contributed by atoms with Crippen molar-refractivity contribution in [3.63, 3.8) is 0 Å². The number of nitrogens with zero attached hydrogens (tertiary/aromatic N) is 1. The summed E-state index contributed by atoms with van der Waals surface area (Å²) < 4.78 is 25.2. The number of aryl methyl sites for hydroxylation is 1. The number of nitrogens with two attached hydrogens (primary N) is 1. The standard InChI is InChI=1S/C20H19FN2O4S/c1-4-28-17-9-14(24)13-8-10(2)7-12(19(13)27-17)11(3)26-15-5-6-16(21)23-18(15)20(22)25/h5-9,11H,4H2,1-3H3,(H2,22,25)/t11-/m1/s1. The van der Waals surface area contributed by atoms with Gasteiger partial charge in [-0.25, -0.2) is 4.98 Å². The Hall–Kier alpha value is -2.87. The number of fused-ring (bicyclic) bond motifs is 1.